The summed E-state index contributed by atoms with van der Waals surface area (Å²) in [6, 6.07) is 0. The number of nitrogens with zero attached hydrogens (tertiary/aromatic N) is 4. The van der Waals surface area contributed by atoms with Crippen molar-refractivity contribution in [2.45, 2.75) is 12.8 Å². The minimum atomic E-state index is -1.48. The molecule has 1 N–H and O–H groups in total. The van der Waals surface area contributed by atoms with E-state index in [0.717, 1.165) is 0 Å². The number of aliphatic hydroxyl groups is 1. The van der Waals surface area contributed by atoms with Crippen molar-refractivity contribution in [1.29, 1.82) is 0 Å². The molecule has 0 saturated carbocycles. The molecule has 0 aromatic carbocycles. The topological polar surface area (TPSA) is 69.7 Å². The fraction of sp³-hybridized carbons (Fsp3) is 1.00. The van der Waals surface area contributed by atoms with Crippen molar-refractivity contribution in [2.24, 2.45) is 20.5 Å². The van der Waals surface area contributed by atoms with Crippen molar-refractivity contribution in [3.05, 3.63) is 0 Å². The summed E-state index contributed by atoms with van der Waals surface area (Å²) in [6.45, 7) is 1.40. The molecule has 0 radical (unpaired) electrons. The molecule has 0 saturated heterocycles. The van der Waals surface area contributed by atoms with Gasteiger partial charge in [-0.15, -0.1) is 10.2 Å². The normalized spacial score (nSPS) is 19.1. The van der Waals surface area contributed by atoms with Crippen molar-refractivity contribution in [1.82, 2.24) is 0 Å². The van der Waals surface area contributed by atoms with E-state index in [9.17, 15) is 0 Å². The molecule has 0 rings (SSSR count). The molecule has 0 bridgehead atoms. The van der Waals surface area contributed by atoms with Gasteiger partial charge in [0.05, 0.1) is 0 Å². The maximum Gasteiger partial charge on any atom is 0.287 e. The van der Waals surface area contributed by atoms with Crippen LogP contribution in [0.25, 0.3) is 0 Å². The van der Waals surface area contributed by atoms with Crippen molar-refractivity contribution < 1.29 is 5.11 Å². The van der Waals surface area contributed by atoms with E-state index in [1.807, 2.05) is 0 Å². The Morgan fingerprint density at radius 3 is 1.67 bits per heavy atom. The first-order valence-electron chi connectivity index (χ1n) is 2.47. The van der Waals surface area contributed by atoms with Crippen LogP contribution in [0.15, 0.2) is 20.5 Å². The molecule has 0 unspecified atom stereocenters. The summed E-state index contributed by atoms with van der Waals surface area (Å²) in [4.78, 5) is 0. The SMILES string of the molecule is CN=NC(C)(O)N=NC. The summed E-state index contributed by atoms with van der Waals surface area (Å²) < 4.78 is 0. The van der Waals surface area contributed by atoms with Crippen LogP contribution >= 0.6 is 0 Å². The summed E-state index contributed by atoms with van der Waals surface area (Å²) in [5, 5.41) is 22.4. The van der Waals surface area contributed by atoms with Crippen molar-refractivity contribution in [2.75, 3.05) is 14.1 Å². The summed E-state index contributed by atoms with van der Waals surface area (Å²) in [5.74, 6) is -1.48. The highest BCUT2D eigenvalue weighted by Gasteiger charge is 2.15. The van der Waals surface area contributed by atoms with Gasteiger partial charge in [-0.05, 0) is 0 Å². The van der Waals surface area contributed by atoms with Gasteiger partial charge in [-0.25, -0.2) is 0 Å². The van der Waals surface area contributed by atoms with Gasteiger partial charge >= 0.3 is 0 Å². The Morgan fingerprint density at radius 1 is 1.11 bits per heavy atom. The van der Waals surface area contributed by atoms with Gasteiger partial charge in [-0.1, -0.05) is 0 Å². The maximum absolute atomic E-state index is 8.99. The quantitative estimate of drug-likeness (QED) is 0.552. The van der Waals surface area contributed by atoms with Gasteiger partial charge in [0, 0.05) is 21.0 Å². The van der Waals surface area contributed by atoms with Crippen molar-refractivity contribution in [3.63, 3.8) is 0 Å². The first kappa shape index (κ1) is 8.16. The molecule has 0 atom stereocenters. The first-order valence-corrected chi connectivity index (χ1v) is 2.47. The highest BCUT2D eigenvalue weighted by atomic mass is 16.3. The fourth-order valence-corrected chi connectivity index (χ4v) is 0.399. The molecule has 0 spiro atoms. The van der Waals surface area contributed by atoms with Gasteiger partial charge in [0.2, 0.25) is 0 Å². The summed E-state index contributed by atoms with van der Waals surface area (Å²) in [6.07, 6.45) is 0. The molecule has 0 aliphatic carbocycles. The fourth-order valence-electron chi connectivity index (χ4n) is 0.399. The maximum atomic E-state index is 8.99. The van der Waals surface area contributed by atoms with Crippen LogP contribution in [0.1, 0.15) is 6.92 Å². The summed E-state index contributed by atoms with van der Waals surface area (Å²) in [5.41, 5.74) is 0. The molecular formula is C4H10N4O. The van der Waals surface area contributed by atoms with Crippen LogP contribution in [0.3, 0.4) is 0 Å². The number of hydrogen-bond donors (Lipinski definition) is 1. The lowest BCUT2D eigenvalue weighted by molar-refractivity contribution is 0.0636. The molecule has 0 aromatic heterocycles. The van der Waals surface area contributed by atoms with E-state index in [2.05, 4.69) is 20.5 Å². The lowest BCUT2D eigenvalue weighted by atomic mass is 10.5. The van der Waals surface area contributed by atoms with Crippen molar-refractivity contribution >= 4 is 0 Å². The van der Waals surface area contributed by atoms with E-state index in [1.165, 1.54) is 21.0 Å². The third-order valence-corrected chi connectivity index (χ3v) is 0.579. The number of rotatable bonds is 2. The molecule has 0 fully saturated rings. The zero-order valence-electron chi connectivity index (χ0n) is 5.74. The van der Waals surface area contributed by atoms with Gasteiger partial charge in [0.25, 0.3) is 5.85 Å². The Labute approximate surface area is 53.5 Å². The Kier molecular flexibility index (Phi) is 2.94. The second-order valence-electron chi connectivity index (χ2n) is 1.57. The summed E-state index contributed by atoms with van der Waals surface area (Å²) in [7, 11) is 2.92. The van der Waals surface area contributed by atoms with E-state index in [0.29, 0.717) is 0 Å². The number of azo groups is 2. The second kappa shape index (κ2) is 3.24. The average molecular weight is 130 g/mol. The van der Waals surface area contributed by atoms with Crippen molar-refractivity contribution in [3.8, 4) is 0 Å². The highest BCUT2D eigenvalue weighted by Crippen LogP contribution is 2.06. The second-order valence-corrected chi connectivity index (χ2v) is 1.57. The minimum absolute atomic E-state index is 1.40. The molecule has 5 heteroatoms. The van der Waals surface area contributed by atoms with E-state index in [1.54, 1.807) is 0 Å². The van der Waals surface area contributed by atoms with Crippen LogP contribution < -0.4 is 0 Å². The zero-order chi connectivity index (χ0) is 7.33. The van der Waals surface area contributed by atoms with Gasteiger partial charge in [-0.2, -0.15) is 10.2 Å². The third kappa shape index (κ3) is 3.72. The van der Waals surface area contributed by atoms with E-state index < -0.39 is 5.85 Å². The predicted molar refractivity (Wildman–Crippen MR) is 32.2 cm³/mol. The van der Waals surface area contributed by atoms with Crippen LogP contribution in [0.2, 0.25) is 0 Å². The Hall–Kier alpha value is -0.840. The highest BCUT2D eigenvalue weighted by molar-refractivity contribution is 4.58. The van der Waals surface area contributed by atoms with Gasteiger partial charge in [0.15, 0.2) is 0 Å². The van der Waals surface area contributed by atoms with Crippen LogP contribution in [-0.4, -0.2) is 25.1 Å². The van der Waals surface area contributed by atoms with E-state index >= 15 is 0 Å². The summed E-state index contributed by atoms with van der Waals surface area (Å²) >= 11 is 0. The zero-order valence-corrected chi connectivity index (χ0v) is 5.74. The van der Waals surface area contributed by atoms with Crippen LogP contribution in [0.4, 0.5) is 0 Å². The predicted octanol–water partition coefficient (Wildman–Crippen LogP) is 0.816. The molecule has 0 aromatic rings. The Bertz CT molecular complexity index is 115. The molecule has 9 heavy (non-hydrogen) atoms. The third-order valence-electron chi connectivity index (χ3n) is 0.579. The molecule has 0 heterocycles. The first-order chi connectivity index (χ1) is 4.12. The lowest BCUT2D eigenvalue weighted by Crippen LogP contribution is -2.15. The molecule has 0 aliphatic rings. The largest absolute Gasteiger partial charge is 0.349 e. The lowest BCUT2D eigenvalue weighted by Gasteiger charge is -2.06. The Morgan fingerprint density at radius 2 is 1.44 bits per heavy atom. The Balaban J connectivity index is 4.01. The smallest absolute Gasteiger partial charge is 0.287 e. The average Bonchev–Trinajstić information content (AvgIpc) is 1.64. The monoisotopic (exact) mass is 130 g/mol. The molecular weight excluding hydrogens is 120 g/mol. The van der Waals surface area contributed by atoms with E-state index in [-0.39, 0.29) is 0 Å². The standard InChI is InChI=1S/C4H10N4O/c1-4(9,7-5-2)8-6-3/h9H,1-3H3. The van der Waals surface area contributed by atoms with Gasteiger partial charge in [0.1, 0.15) is 0 Å². The molecule has 0 amide bonds. The molecule has 5 nitrogen and oxygen atoms in total. The van der Waals surface area contributed by atoms with Gasteiger partial charge in [-0.3, -0.25) is 0 Å². The number of hydrogen-bond acceptors (Lipinski definition) is 5. The van der Waals surface area contributed by atoms with Crippen LogP contribution in [-0.2, 0) is 0 Å². The van der Waals surface area contributed by atoms with Gasteiger partial charge < -0.3 is 5.11 Å². The molecule has 52 valence electrons. The van der Waals surface area contributed by atoms with E-state index in [4.69, 9.17) is 5.11 Å². The minimum Gasteiger partial charge on any atom is -0.349 e. The van der Waals surface area contributed by atoms with Crippen LogP contribution in [0, 0.1) is 0 Å². The molecule has 0 aliphatic heterocycles. The van der Waals surface area contributed by atoms with Crippen LogP contribution in [0.5, 0.6) is 0 Å².